The van der Waals surface area contributed by atoms with E-state index in [1.54, 1.807) is 29.2 Å². The van der Waals surface area contributed by atoms with Crippen molar-refractivity contribution in [2.75, 3.05) is 26.2 Å². The van der Waals surface area contributed by atoms with Crippen molar-refractivity contribution in [3.8, 4) is 0 Å². The second-order valence-electron chi connectivity index (χ2n) is 8.69. The van der Waals surface area contributed by atoms with E-state index in [0.717, 1.165) is 11.5 Å². The number of hydrogen-bond acceptors (Lipinski definition) is 6. The van der Waals surface area contributed by atoms with Gasteiger partial charge in [-0.05, 0) is 32.9 Å². The van der Waals surface area contributed by atoms with Crippen molar-refractivity contribution in [3.63, 3.8) is 0 Å². The van der Waals surface area contributed by atoms with E-state index in [2.05, 4.69) is 25.3 Å². The summed E-state index contributed by atoms with van der Waals surface area (Å²) < 4.78 is 1.78. The predicted molar refractivity (Wildman–Crippen MR) is 115 cm³/mol. The van der Waals surface area contributed by atoms with E-state index < -0.39 is 5.41 Å². The number of likely N-dealkylation sites (tertiary alicyclic amines) is 2. The van der Waals surface area contributed by atoms with Gasteiger partial charge >= 0.3 is 0 Å². The number of nitrogens with zero attached hydrogens (tertiary/aromatic N) is 7. The molecule has 0 aromatic carbocycles. The van der Waals surface area contributed by atoms with Crippen molar-refractivity contribution >= 4 is 11.8 Å². The van der Waals surface area contributed by atoms with Gasteiger partial charge in [-0.25, -0.2) is 4.98 Å². The summed E-state index contributed by atoms with van der Waals surface area (Å²) in [5.74, 6) is 1.34. The molecular formula is C22H26N8O2. The van der Waals surface area contributed by atoms with Gasteiger partial charge in [0.1, 0.15) is 5.82 Å². The Hall–Kier alpha value is -3.56. The van der Waals surface area contributed by atoms with Gasteiger partial charge in [-0.1, -0.05) is 0 Å². The van der Waals surface area contributed by atoms with E-state index >= 15 is 0 Å². The number of rotatable bonds is 4. The van der Waals surface area contributed by atoms with Crippen LogP contribution in [0.1, 0.15) is 45.0 Å². The molecule has 2 fully saturated rings. The van der Waals surface area contributed by atoms with Crippen molar-refractivity contribution in [3.05, 3.63) is 59.2 Å². The van der Waals surface area contributed by atoms with E-state index in [0.29, 0.717) is 49.7 Å². The molecule has 2 atom stereocenters. The molecule has 0 bridgehead atoms. The second kappa shape index (κ2) is 7.54. The van der Waals surface area contributed by atoms with Gasteiger partial charge in [0.05, 0.1) is 22.2 Å². The highest BCUT2D eigenvalue weighted by Gasteiger charge is 2.58. The molecule has 10 nitrogen and oxygen atoms in total. The topological polar surface area (TPSA) is 113 Å². The van der Waals surface area contributed by atoms with E-state index in [1.165, 1.54) is 0 Å². The molecule has 3 aromatic heterocycles. The summed E-state index contributed by atoms with van der Waals surface area (Å²) in [6, 6.07) is 3.54. The van der Waals surface area contributed by atoms with Gasteiger partial charge in [-0.15, -0.1) is 0 Å². The van der Waals surface area contributed by atoms with Crippen LogP contribution in [0, 0.1) is 19.8 Å². The largest absolute Gasteiger partial charge is 0.337 e. The lowest BCUT2D eigenvalue weighted by atomic mass is 9.80. The maximum atomic E-state index is 13.4. The number of aromatic amines is 1. The molecule has 0 radical (unpaired) electrons. The van der Waals surface area contributed by atoms with Gasteiger partial charge in [0, 0.05) is 57.2 Å². The van der Waals surface area contributed by atoms with Crippen molar-refractivity contribution in [1.82, 2.24) is 39.7 Å². The number of carbonyl (C=O) groups excluding carboxylic acids is 2. The zero-order chi connectivity index (χ0) is 22.5. The molecular weight excluding hydrogens is 408 g/mol. The lowest BCUT2D eigenvalue weighted by Gasteiger charge is -2.26. The summed E-state index contributed by atoms with van der Waals surface area (Å²) in [7, 11) is 0. The Labute approximate surface area is 185 Å². The third-order valence-corrected chi connectivity index (χ3v) is 6.64. The fraction of sp³-hybridized carbons (Fsp3) is 0.455. The normalized spacial score (nSPS) is 22.4. The number of aromatic nitrogens is 6. The molecule has 1 N–H and O–H groups in total. The monoisotopic (exact) mass is 434 g/mol. The number of amides is 2. The highest BCUT2D eigenvalue weighted by molar-refractivity contribution is 5.96. The van der Waals surface area contributed by atoms with Crippen LogP contribution in [-0.2, 0) is 12.0 Å². The molecule has 2 aliphatic rings. The van der Waals surface area contributed by atoms with Crippen LogP contribution in [-0.4, -0.2) is 77.7 Å². The molecule has 0 aliphatic carbocycles. The Morgan fingerprint density at radius 3 is 2.53 bits per heavy atom. The van der Waals surface area contributed by atoms with Gasteiger partial charge in [0.2, 0.25) is 0 Å². The van der Waals surface area contributed by atoms with E-state index in [4.69, 9.17) is 0 Å². The van der Waals surface area contributed by atoms with Crippen LogP contribution in [0.25, 0.3) is 0 Å². The first-order valence-corrected chi connectivity index (χ1v) is 10.8. The molecule has 5 heterocycles. The van der Waals surface area contributed by atoms with E-state index in [1.807, 2.05) is 36.8 Å². The number of nitrogens with one attached hydrogen (secondary N) is 1. The Morgan fingerprint density at radius 1 is 1.19 bits per heavy atom. The number of hydrogen-bond donors (Lipinski definition) is 1. The summed E-state index contributed by atoms with van der Waals surface area (Å²) in [6.45, 7) is 8.42. The van der Waals surface area contributed by atoms with E-state index in [9.17, 15) is 9.59 Å². The molecule has 2 amide bonds. The van der Waals surface area contributed by atoms with Crippen LogP contribution >= 0.6 is 0 Å². The first kappa shape index (κ1) is 20.3. The van der Waals surface area contributed by atoms with Crippen molar-refractivity contribution in [2.45, 2.75) is 32.7 Å². The Bertz CT molecular complexity index is 1170. The highest BCUT2D eigenvalue weighted by atomic mass is 16.2. The molecule has 2 aliphatic heterocycles. The summed E-state index contributed by atoms with van der Waals surface area (Å²) in [5.41, 5.74) is 1.40. The maximum Gasteiger partial charge on any atom is 0.257 e. The zero-order valence-electron chi connectivity index (χ0n) is 18.4. The van der Waals surface area contributed by atoms with Crippen LogP contribution in [0.2, 0.25) is 0 Å². The van der Waals surface area contributed by atoms with Gasteiger partial charge in [0.15, 0.2) is 5.82 Å². The summed E-state index contributed by atoms with van der Waals surface area (Å²) in [6.07, 6.45) is 5.05. The average Bonchev–Trinajstić information content (AvgIpc) is 3.55. The third-order valence-electron chi connectivity index (χ3n) is 6.64. The van der Waals surface area contributed by atoms with Crippen molar-refractivity contribution < 1.29 is 9.59 Å². The minimum absolute atomic E-state index is 0.0339. The van der Waals surface area contributed by atoms with Gasteiger partial charge in [-0.3, -0.25) is 24.4 Å². The van der Waals surface area contributed by atoms with Crippen LogP contribution in [0.5, 0.6) is 0 Å². The number of carbonyl (C=O) groups is 2. The van der Waals surface area contributed by atoms with Crippen molar-refractivity contribution in [2.24, 2.45) is 5.92 Å². The van der Waals surface area contributed by atoms with Crippen LogP contribution in [0.15, 0.2) is 30.7 Å². The Morgan fingerprint density at radius 2 is 1.94 bits per heavy atom. The van der Waals surface area contributed by atoms with Gasteiger partial charge in [-0.2, -0.15) is 10.2 Å². The Balaban J connectivity index is 1.45. The summed E-state index contributed by atoms with van der Waals surface area (Å²) in [4.78, 5) is 38.9. The molecule has 5 rings (SSSR count). The fourth-order valence-corrected chi connectivity index (χ4v) is 4.99. The van der Waals surface area contributed by atoms with Gasteiger partial charge < -0.3 is 9.80 Å². The molecule has 166 valence electrons. The molecule has 0 spiro atoms. The predicted octanol–water partition coefficient (Wildman–Crippen LogP) is 1.20. The second-order valence-corrected chi connectivity index (χ2v) is 8.69. The van der Waals surface area contributed by atoms with Crippen LogP contribution in [0.3, 0.4) is 0 Å². The lowest BCUT2D eigenvalue weighted by molar-refractivity contribution is 0.0731. The number of H-pyrrole nitrogens is 1. The Kier molecular flexibility index (Phi) is 4.79. The minimum atomic E-state index is -0.507. The standard InChI is InChI=1S/C22H26N8O2/c1-4-30-11-18(14(2)27-30)20(32)29-10-17-9-28(19(31)16-6-5-7-23-8-16)12-22(17,13-29)21-24-15(3)25-26-21/h5-8,11,17H,4,9-10,12-13H2,1-3H3,(H,24,25,26)/t17-,22-/m0/s1. The smallest absolute Gasteiger partial charge is 0.257 e. The van der Waals surface area contributed by atoms with Crippen LogP contribution in [0.4, 0.5) is 0 Å². The number of aryl methyl sites for hydroxylation is 3. The minimum Gasteiger partial charge on any atom is -0.337 e. The van der Waals surface area contributed by atoms with Crippen LogP contribution < -0.4 is 0 Å². The lowest BCUT2D eigenvalue weighted by Crippen LogP contribution is -2.42. The summed E-state index contributed by atoms with van der Waals surface area (Å²) in [5, 5.41) is 11.8. The highest BCUT2D eigenvalue weighted by Crippen LogP contribution is 2.44. The maximum absolute atomic E-state index is 13.4. The summed E-state index contributed by atoms with van der Waals surface area (Å²) >= 11 is 0. The molecule has 0 unspecified atom stereocenters. The van der Waals surface area contributed by atoms with E-state index in [-0.39, 0.29) is 17.7 Å². The molecule has 2 saturated heterocycles. The molecule has 10 heteroatoms. The number of fused-ring (bicyclic) bond motifs is 1. The molecule has 3 aromatic rings. The SMILES string of the molecule is CCn1cc(C(=O)N2C[C@@H]3CN(C(=O)c4cccnc4)C[C@]3(c3n[nH]c(C)n3)C2)c(C)n1. The fourth-order valence-electron chi connectivity index (χ4n) is 4.99. The average molecular weight is 435 g/mol. The third kappa shape index (κ3) is 3.17. The first-order valence-electron chi connectivity index (χ1n) is 10.8. The number of pyridine rings is 1. The first-order chi connectivity index (χ1) is 15.4. The quantitative estimate of drug-likeness (QED) is 0.660. The van der Waals surface area contributed by atoms with Crippen molar-refractivity contribution in [1.29, 1.82) is 0 Å². The molecule has 0 saturated carbocycles. The molecule has 32 heavy (non-hydrogen) atoms. The van der Waals surface area contributed by atoms with Gasteiger partial charge in [0.25, 0.3) is 11.8 Å². The zero-order valence-corrected chi connectivity index (χ0v) is 18.4.